The molecular weight excluding hydrogens is 200 g/mol. The van der Waals surface area contributed by atoms with Crippen molar-refractivity contribution >= 4 is 5.91 Å². The van der Waals surface area contributed by atoms with E-state index in [4.69, 9.17) is 5.84 Å². The van der Waals surface area contributed by atoms with Crippen molar-refractivity contribution in [3.05, 3.63) is 49.1 Å². The molecule has 0 saturated heterocycles. The third-order valence-corrected chi connectivity index (χ3v) is 2.22. The van der Waals surface area contributed by atoms with E-state index in [1.165, 1.54) is 0 Å². The fourth-order valence-corrected chi connectivity index (χ4v) is 1.33. The summed E-state index contributed by atoms with van der Waals surface area (Å²) in [6, 6.07) is 0. The summed E-state index contributed by atoms with van der Waals surface area (Å²) in [7, 11) is 0. The lowest BCUT2D eigenvalue weighted by atomic mass is 10.0. The van der Waals surface area contributed by atoms with Gasteiger partial charge in [-0.3, -0.25) is 9.80 Å². The van der Waals surface area contributed by atoms with Crippen LogP contribution in [0.2, 0.25) is 0 Å². The second-order valence-corrected chi connectivity index (χ2v) is 3.46. The normalized spacial score (nSPS) is 9.12. The Hall–Kier alpha value is -1.61. The van der Waals surface area contributed by atoms with E-state index in [0.29, 0.717) is 25.0 Å². The van der Waals surface area contributed by atoms with Gasteiger partial charge in [-0.2, -0.15) is 0 Å². The largest absolute Gasteiger partial charge is 0.273 e. The first-order chi connectivity index (χ1) is 7.58. The Balaban J connectivity index is 4.90. The zero-order chi connectivity index (χ0) is 12.6. The van der Waals surface area contributed by atoms with Gasteiger partial charge in [0, 0.05) is 5.57 Å². The summed E-state index contributed by atoms with van der Waals surface area (Å²) in [5, 5.41) is 1.15. The first-order valence-corrected chi connectivity index (χ1v) is 5.16. The molecule has 0 unspecified atom stereocenters. The number of amides is 1. The molecule has 0 fully saturated rings. The molecule has 0 aromatic rings. The van der Waals surface area contributed by atoms with Crippen LogP contribution in [0.3, 0.4) is 0 Å². The lowest BCUT2D eigenvalue weighted by molar-refractivity contribution is -0.126. The number of nitrogens with two attached hydrogens (primary N) is 1. The van der Waals surface area contributed by atoms with E-state index in [1.807, 2.05) is 0 Å². The van der Waals surface area contributed by atoms with Crippen LogP contribution in [0.25, 0.3) is 0 Å². The number of hydrazine groups is 1. The maximum absolute atomic E-state index is 11.9. The van der Waals surface area contributed by atoms with Gasteiger partial charge in [0.1, 0.15) is 0 Å². The van der Waals surface area contributed by atoms with Crippen molar-refractivity contribution in [2.45, 2.75) is 19.8 Å². The summed E-state index contributed by atoms with van der Waals surface area (Å²) in [5.41, 5.74) is 1.65. The SMILES string of the molecule is C=CCC(CC=C)=C(C)C(=O)N(N)CC=C. The van der Waals surface area contributed by atoms with Crippen LogP contribution in [0.5, 0.6) is 0 Å². The van der Waals surface area contributed by atoms with Crippen LogP contribution >= 0.6 is 0 Å². The summed E-state index contributed by atoms with van der Waals surface area (Å²) in [6.07, 6.45) is 6.47. The highest BCUT2D eigenvalue weighted by molar-refractivity contribution is 5.93. The average molecular weight is 220 g/mol. The van der Waals surface area contributed by atoms with Gasteiger partial charge in [0.25, 0.3) is 5.91 Å². The monoisotopic (exact) mass is 220 g/mol. The maximum atomic E-state index is 11.9. The molecule has 1 amide bonds. The zero-order valence-corrected chi connectivity index (χ0v) is 9.91. The molecule has 0 aliphatic heterocycles. The van der Waals surface area contributed by atoms with Gasteiger partial charge in [-0.25, -0.2) is 5.84 Å². The fourth-order valence-electron chi connectivity index (χ4n) is 1.33. The third kappa shape index (κ3) is 4.28. The van der Waals surface area contributed by atoms with Crippen LogP contribution < -0.4 is 5.84 Å². The lowest BCUT2D eigenvalue weighted by Crippen LogP contribution is -2.38. The van der Waals surface area contributed by atoms with Gasteiger partial charge in [0.15, 0.2) is 0 Å². The van der Waals surface area contributed by atoms with E-state index in [1.54, 1.807) is 25.2 Å². The molecule has 3 heteroatoms. The molecule has 0 aromatic carbocycles. The minimum atomic E-state index is -0.182. The first kappa shape index (κ1) is 14.4. The minimum absolute atomic E-state index is 0.182. The molecule has 0 spiro atoms. The Morgan fingerprint density at radius 2 is 1.69 bits per heavy atom. The molecule has 0 aliphatic rings. The van der Waals surface area contributed by atoms with E-state index in [2.05, 4.69) is 19.7 Å². The van der Waals surface area contributed by atoms with Crippen molar-refractivity contribution in [3.63, 3.8) is 0 Å². The number of rotatable bonds is 7. The number of hydrogen-bond acceptors (Lipinski definition) is 2. The van der Waals surface area contributed by atoms with Crippen LogP contribution in [0.4, 0.5) is 0 Å². The molecule has 0 rings (SSSR count). The quantitative estimate of drug-likeness (QED) is 0.235. The molecule has 3 nitrogen and oxygen atoms in total. The zero-order valence-electron chi connectivity index (χ0n) is 9.91. The highest BCUT2D eigenvalue weighted by Crippen LogP contribution is 2.15. The van der Waals surface area contributed by atoms with E-state index in [9.17, 15) is 4.79 Å². The van der Waals surface area contributed by atoms with Gasteiger partial charge >= 0.3 is 0 Å². The Kier molecular flexibility index (Phi) is 6.88. The van der Waals surface area contributed by atoms with Crippen LogP contribution in [-0.4, -0.2) is 17.5 Å². The smallest absolute Gasteiger partial charge is 0.263 e. The highest BCUT2D eigenvalue weighted by atomic mass is 16.2. The molecule has 0 heterocycles. The number of carbonyl (C=O) groups excluding carboxylic acids is 1. The second-order valence-electron chi connectivity index (χ2n) is 3.46. The predicted molar refractivity (Wildman–Crippen MR) is 68.4 cm³/mol. The molecule has 0 radical (unpaired) electrons. The number of hydrogen-bond donors (Lipinski definition) is 1. The molecule has 0 bridgehead atoms. The standard InChI is InChI=1S/C13H20N2O/c1-5-8-12(9-6-2)11(4)13(16)15(14)10-7-3/h5-7H,1-3,8-10,14H2,4H3. The van der Waals surface area contributed by atoms with Crippen LogP contribution in [0, 0.1) is 0 Å². The van der Waals surface area contributed by atoms with Crippen molar-refractivity contribution < 1.29 is 4.79 Å². The predicted octanol–water partition coefficient (Wildman–Crippen LogP) is 2.34. The van der Waals surface area contributed by atoms with Gasteiger partial charge in [-0.15, -0.1) is 19.7 Å². The summed E-state index contributed by atoms with van der Waals surface area (Å²) < 4.78 is 0. The lowest BCUT2D eigenvalue weighted by Gasteiger charge is -2.16. The Morgan fingerprint density at radius 3 is 2.06 bits per heavy atom. The Morgan fingerprint density at radius 1 is 1.19 bits per heavy atom. The number of allylic oxidation sites excluding steroid dienone is 3. The molecule has 0 aromatic heterocycles. The number of nitrogens with zero attached hydrogens (tertiary/aromatic N) is 1. The molecule has 0 aliphatic carbocycles. The Labute approximate surface area is 97.6 Å². The highest BCUT2D eigenvalue weighted by Gasteiger charge is 2.13. The van der Waals surface area contributed by atoms with E-state index in [-0.39, 0.29) is 5.91 Å². The van der Waals surface area contributed by atoms with Gasteiger partial charge in [-0.1, -0.05) is 23.8 Å². The Bertz CT molecular complexity index is 304. The molecule has 88 valence electrons. The van der Waals surface area contributed by atoms with Crippen molar-refractivity contribution in [1.29, 1.82) is 0 Å². The minimum Gasteiger partial charge on any atom is -0.273 e. The van der Waals surface area contributed by atoms with E-state index >= 15 is 0 Å². The van der Waals surface area contributed by atoms with Crippen molar-refractivity contribution in [2.24, 2.45) is 5.84 Å². The molecular formula is C13H20N2O. The summed E-state index contributed by atoms with van der Waals surface area (Å²) in [6.45, 7) is 13.0. The maximum Gasteiger partial charge on any atom is 0.263 e. The van der Waals surface area contributed by atoms with Gasteiger partial charge in [0.2, 0.25) is 0 Å². The van der Waals surface area contributed by atoms with Gasteiger partial charge < -0.3 is 0 Å². The third-order valence-electron chi connectivity index (χ3n) is 2.22. The number of carbonyl (C=O) groups is 1. The van der Waals surface area contributed by atoms with E-state index < -0.39 is 0 Å². The summed E-state index contributed by atoms with van der Waals surface area (Å²) >= 11 is 0. The fraction of sp³-hybridized carbons (Fsp3) is 0.308. The summed E-state index contributed by atoms with van der Waals surface area (Å²) in [4.78, 5) is 11.9. The molecule has 16 heavy (non-hydrogen) atoms. The average Bonchev–Trinajstić information content (AvgIpc) is 2.27. The van der Waals surface area contributed by atoms with Crippen molar-refractivity contribution in [2.75, 3.05) is 6.54 Å². The van der Waals surface area contributed by atoms with E-state index in [0.717, 1.165) is 10.6 Å². The summed E-state index contributed by atoms with van der Waals surface area (Å²) in [5.74, 6) is 5.40. The molecule has 0 atom stereocenters. The first-order valence-electron chi connectivity index (χ1n) is 5.16. The van der Waals surface area contributed by atoms with Crippen molar-refractivity contribution in [1.82, 2.24) is 5.01 Å². The topological polar surface area (TPSA) is 46.3 Å². The van der Waals surface area contributed by atoms with Crippen LogP contribution in [-0.2, 0) is 4.79 Å². The second kappa shape index (κ2) is 7.65. The molecule has 0 saturated carbocycles. The van der Waals surface area contributed by atoms with Gasteiger partial charge in [-0.05, 0) is 19.8 Å². The molecule has 2 N–H and O–H groups in total. The van der Waals surface area contributed by atoms with Crippen molar-refractivity contribution in [3.8, 4) is 0 Å². The van der Waals surface area contributed by atoms with Gasteiger partial charge in [0.05, 0.1) is 6.54 Å². The van der Waals surface area contributed by atoms with Crippen LogP contribution in [0.1, 0.15) is 19.8 Å². The van der Waals surface area contributed by atoms with Crippen LogP contribution in [0.15, 0.2) is 49.1 Å².